The van der Waals surface area contributed by atoms with Gasteiger partial charge in [0.2, 0.25) is 0 Å². The van der Waals surface area contributed by atoms with Crippen molar-refractivity contribution in [3.8, 4) is 0 Å². The van der Waals surface area contributed by atoms with Crippen LogP contribution < -0.4 is 0 Å². The average Bonchev–Trinajstić information content (AvgIpc) is 2.15. The lowest BCUT2D eigenvalue weighted by atomic mass is 9.48. The fraction of sp³-hybridized carbons (Fsp3) is 0.615. The van der Waals surface area contributed by atoms with E-state index in [4.69, 9.17) is 4.74 Å². The predicted molar refractivity (Wildman–Crippen MR) is 59.2 cm³/mol. The molecule has 0 radical (unpaired) electrons. The van der Waals surface area contributed by atoms with Crippen molar-refractivity contribution < 1.29 is 9.53 Å². The highest BCUT2D eigenvalue weighted by Gasteiger charge is 2.55. The minimum absolute atomic E-state index is 0.0458. The number of ether oxygens (including phenoxy) is 1. The summed E-state index contributed by atoms with van der Waals surface area (Å²) >= 11 is 0. The predicted octanol–water partition coefficient (Wildman–Crippen LogP) is 2.71. The van der Waals surface area contributed by atoms with E-state index < -0.39 is 0 Å². The van der Waals surface area contributed by atoms with Gasteiger partial charge in [-0.1, -0.05) is 26.0 Å². The molecule has 2 nitrogen and oxygen atoms in total. The maximum atomic E-state index is 11.2. The standard InChI is InChI=1S/C13H18O2/c1-5-12(14)15-11-6-8(2)9-7-10(11)13(9,3)4/h5-6,9-11H,1,7H2,2-4H3/t9-,10+,11-/m0/s1. The molecule has 0 N–H and O–H groups in total. The van der Waals surface area contributed by atoms with Gasteiger partial charge in [-0.15, -0.1) is 0 Å². The van der Waals surface area contributed by atoms with Gasteiger partial charge in [-0.25, -0.2) is 4.79 Å². The van der Waals surface area contributed by atoms with E-state index >= 15 is 0 Å². The van der Waals surface area contributed by atoms with Crippen LogP contribution in [0.4, 0.5) is 0 Å². The van der Waals surface area contributed by atoms with E-state index in [1.807, 2.05) is 0 Å². The summed E-state index contributed by atoms with van der Waals surface area (Å²) in [5.41, 5.74) is 1.65. The quantitative estimate of drug-likeness (QED) is 0.394. The van der Waals surface area contributed by atoms with Crippen molar-refractivity contribution >= 4 is 5.97 Å². The van der Waals surface area contributed by atoms with Gasteiger partial charge >= 0.3 is 5.97 Å². The molecule has 3 aliphatic rings. The molecule has 0 unspecified atom stereocenters. The fourth-order valence-electron chi connectivity index (χ4n) is 3.08. The third-order valence-corrected chi connectivity index (χ3v) is 4.14. The van der Waals surface area contributed by atoms with E-state index in [1.165, 1.54) is 11.6 Å². The number of esters is 1. The highest BCUT2D eigenvalue weighted by atomic mass is 16.5. The Labute approximate surface area is 91.0 Å². The first-order valence-electron chi connectivity index (χ1n) is 5.48. The van der Waals surface area contributed by atoms with Crippen molar-refractivity contribution in [1.29, 1.82) is 0 Å². The van der Waals surface area contributed by atoms with E-state index in [0.717, 1.165) is 6.42 Å². The molecule has 2 heteroatoms. The minimum Gasteiger partial charge on any atom is -0.455 e. The number of carbonyl (C=O) groups is 1. The summed E-state index contributed by atoms with van der Waals surface area (Å²) in [6, 6.07) is 0. The van der Waals surface area contributed by atoms with Crippen LogP contribution in [0.3, 0.4) is 0 Å². The molecule has 0 aromatic heterocycles. The van der Waals surface area contributed by atoms with Crippen LogP contribution in [0, 0.1) is 17.3 Å². The van der Waals surface area contributed by atoms with Crippen molar-refractivity contribution in [2.75, 3.05) is 0 Å². The lowest BCUT2D eigenvalue weighted by Gasteiger charge is -2.58. The topological polar surface area (TPSA) is 26.3 Å². The molecule has 1 saturated carbocycles. The fourth-order valence-corrected chi connectivity index (χ4v) is 3.08. The summed E-state index contributed by atoms with van der Waals surface area (Å²) in [6.45, 7) is 10.1. The molecule has 82 valence electrons. The van der Waals surface area contributed by atoms with Gasteiger partial charge in [-0.3, -0.25) is 0 Å². The van der Waals surface area contributed by atoms with Gasteiger partial charge in [-0.05, 0) is 30.8 Å². The Bertz CT molecular complexity index is 338. The van der Waals surface area contributed by atoms with Gasteiger partial charge in [0.05, 0.1) is 0 Å². The molecule has 1 fully saturated rings. The molecule has 3 rings (SSSR count). The molecule has 0 aliphatic heterocycles. The number of hydrogen-bond acceptors (Lipinski definition) is 2. The maximum Gasteiger partial charge on any atom is 0.330 e. The van der Waals surface area contributed by atoms with Gasteiger partial charge in [0.1, 0.15) is 6.10 Å². The van der Waals surface area contributed by atoms with Crippen LogP contribution in [0.1, 0.15) is 27.2 Å². The number of hydrogen-bond donors (Lipinski definition) is 0. The van der Waals surface area contributed by atoms with Crippen molar-refractivity contribution in [3.05, 3.63) is 24.3 Å². The molecule has 0 aromatic rings. The van der Waals surface area contributed by atoms with Crippen molar-refractivity contribution in [1.82, 2.24) is 0 Å². The summed E-state index contributed by atoms with van der Waals surface area (Å²) in [6.07, 6.45) is 4.45. The van der Waals surface area contributed by atoms with E-state index in [1.54, 1.807) is 0 Å². The van der Waals surface area contributed by atoms with Gasteiger partial charge in [-0.2, -0.15) is 0 Å². The molecule has 0 heterocycles. The number of carbonyl (C=O) groups excluding carboxylic acids is 1. The molecule has 2 bridgehead atoms. The minimum atomic E-state index is -0.315. The summed E-state index contributed by atoms with van der Waals surface area (Å²) in [5, 5.41) is 0. The largest absolute Gasteiger partial charge is 0.455 e. The third-order valence-electron chi connectivity index (χ3n) is 4.14. The Morgan fingerprint density at radius 2 is 2.33 bits per heavy atom. The van der Waals surface area contributed by atoms with Crippen molar-refractivity contribution in [2.24, 2.45) is 17.3 Å². The molecule has 15 heavy (non-hydrogen) atoms. The van der Waals surface area contributed by atoms with E-state index in [2.05, 4.69) is 33.4 Å². The maximum absolute atomic E-state index is 11.2. The van der Waals surface area contributed by atoms with Crippen molar-refractivity contribution in [3.63, 3.8) is 0 Å². The Morgan fingerprint density at radius 3 is 2.80 bits per heavy atom. The molecule has 0 spiro atoms. The van der Waals surface area contributed by atoms with Crippen LogP contribution in [-0.4, -0.2) is 12.1 Å². The molecular weight excluding hydrogens is 188 g/mol. The lowest BCUT2D eigenvalue weighted by Crippen LogP contribution is -2.54. The second-order valence-electron chi connectivity index (χ2n) is 5.23. The number of fused-ring (bicyclic) bond motifs is 1. The molecule has 0 aromatic carbocycles. The Morgan fingerprint density at radius 1 is 1.67 bits per heavy atom. The molecule has 3 atom stereocenters. The highest BCUT2D eigenvalue weighted by molar-refractivity contribution is 5.81. The first-order chi connectivity index (χ1) is 6.96. The monoisotopic (exact) mass is 206 g/mol. The van der Waals surface area contributed by atoms with Crippen LogP contribution in [-0.2, 0) is 9.53 Å². The van der Waals surface area contributed by atoms with Crippen LogP contribution >= 0.6 is 0 Å². The zero-order chi connectivity index (χ0) is 11.2. The lowest BCUT2D eigenvalue weighted by molar-refractivity contribution is -0.155. The van der Waals surface area contributed by atoms with E-state index in [0.29, 0.717) is 11.8 Å². The second kappa shape index (κ2) is 3.22. The van der Waals surface area contributed by atoms with Crippen molar-refractivity contribution in [2.45, 2.75) is 33.3 Å². The molecule has 0 saturated heterocycles. The second-order valence-corrected chi connectivity index (χ2v) is 5.23. The Balaban J connectivity index is 2.17. The molecule has 3 aliphatic carbocycles. The normalized spacial score (nSPS) is 36.2. The van der Waals surface area contributed by atoms with Crippen LogP contribution in [0.5, 0.6) is 0 Å². The zero-order valence-electron chi connectivity index (χ0n) is 9.62. The Hall–Kier alpha value is -1.05. The Kier molecular flexibility index (Phi) is 2.25. The first-order valence-corrected chi connectivity index (χ1v) is 5.48. The third kappa shape index (κ3) is 1.43. The zero-order valence-corrected chi connectivity index (χ0v) is 9.62. The van der Waals surface area contributed by atoms with Crippen LogP contribution in [0.2, 0.25) is 0 Å². The van der Waals surface area contributed by atoms with E-state index in [-0.39, 0.29) is 17.5 Å². The summed E-state index contributed by atoms with van der Waals surface area (Å²) in [4.78, 5) is 11.2. The summed E-state index contributed by atoms with van der Waals surface area (Å²) in [5.74, 6) is 0.849. The van der Waals surface area contributed by atoms with Crippen LogP contribution in [0.25, 0.3) is 0 Å². The smallest absolute Gasteiger partial charge is 0.330 e. The van der Waals surface area contributed by atoms with Crippen LogP contribution in [0.15, 0.2) is 24.3 Å². The number of allylic oxidation sites excluding steroid dienone is 1. The SMILES string of the molecule is C=CC(=O)O[C@H]1C=C(C)[C@@H]2C[C@H]1C2(C)C. The highest BCUT2D eigenvalue weighted by Crippen LogP contribution is 2.59. The number of rotatable bonds is 2. The summed E-state index contributed by atoms with van der Waals surface area (Å²) < 4.78 is 5.36. The molecule has 0 amide bonds. The molecular formula is C13H18O2. The first kappa shape index (κ1) is 10.5. The van der Waals surface area contributed by atoms with E-state index in [9.17, 15) is 4.79 Å². The average molecular weight is 206 g/mol. The van der Waals surface area contributed by atoms with Gasteiger partial charge in [0.15, 0.2) is 0 Å². The summed E-state index contributed by atoms with van der Waals surface area (Å²) in [7, 11) is 0. The van der Waals surface area contributed by atoms with Gasteiger partial charge in [0.25, 0.3) is 0 Å². The van der Waals surface area contributed by atoms with Gasteiger partial charge < -0.3 is 4.74 Å². The van der Waals surface area contributed by atoms with Gasteiger partial charge in [0, 0.05) is 12.0 Å².